The van der Waals surface area contributed by atoms with Crippen molar-refractivity contribution in [2.24, 2.45) is 0 Å². The Morgan fingerprint density at radius 3 is 2.55 bits per heavy atom. The number of rotatable bonds is 7. The number of benzene rings is 2. The summed E-state index contributed by atoms with van der Waals surface area (Å²) in [4.78, 5) is 0.147. The fourth-order valence-corrected chi connectivity index (χ4v) is 6.40. The molecule has 3 rings (SSSR count). The number of sulfone groups is 1. The van der Waals surface area contributed by atoms with Crippen LogP contribution in [0.4, 0.5) is 0 Å². The molecule has 158 valence electrons. The molecule has 0 fully saturated rings. The van der Waals surface area contributed by atoms with Gasteiger partial charge in [-0.2, -0.15) is 4.21 Å². The summed E-state index contributed by atoms with van der Waals surface area (Å²) >= 11 is -2.52. The Kier molecular flexibility index (Phi) is 6.78. The van der Waals surface area contributed by atoms with Crippen molar-refractivity contribution in [3.05, 3.63) is 59.7 Å². The van der Waals surface area contributed by atoms with Crippen molar-refractivity contribution >= 4 is 21.2 Å². The van der Waals surface area contributed by atoms with Crippen LogP contribution in [0.15, 0.2) is 53.4 Å². The molecule has 0 bridgehead atoms. The second-order valence-electron chi connectivity index (χ2n) is 7.48. The summed E-state index contributed by atoms with van der Waals surface area (Å²) in [6.07, 6.45) is 3.33. The molecule has 1 aliphatic rings. The highest BCUT2D eigenvalue weighted by Gasteiger charge is 2.41. The average molecular weight is 438 g/mol. The van der Waals surface area contributed by atoms with E-state index in [-0.39, 0.29) is 22.4 Å². The Morgan fingerprint density at radius 2 is 1.93 bits per heavy atom. The van der Waals surface area contributed by atoms with E-state index in [0.29, 0.717) is 12.0 Å². The van der Waals surface area contributed by atoms with Crippen LogP contribution in [-0.4, -0.2) is 28.5 Å². The molecule has 2 aromatic carbocycles. The van der Waals surface area contributed by atoms with Crippen molar-refractivity contribution in [1.82, 2.24) is 5.32 Å². The van der Waals surface area contributed by atoms with Crippen LogP contribution < -0.4 is 9.50 Å². The van der Waals surface area contributed by atoms with E-state index in [1.54, 1.807) is 6.07 Å². The van der Waals surface area contributed by atoms with Crippen molar-refractivity contribution in [3.8, 4) is 5.75 Å². The van der Waals surface area contributed by atoms with Crippen molar-refractivity contribution in [2.45, 2.75) is 56.0 Å². The van der Waals surface area contributed by atoms with Crippen molar-refractivity contribution in [3.63, 3.8) is 0 Å². The molecule has 0 saturated heterocycles. The molecule has 1 unspecified atom stereocenters. The molecule has 3 atom stereocenters. The fraction of sp³-hybridized carbons (Fsp3) is 0.429. The third-order valence-corrected chi connectivity index (χ3v) is 7.83. The van der Waals surface area contributed by atoms with Gasteiger partial charge in [0.15, 0.2) is 9.84 Å². The molecular formula is C21H27NO5S2. The first-order chi connectivity index (χ1) is 13.8. The Labute approximate surface area is 175 Å². The summed E-state index contributed by atoms with van der Waals surface area (Å²) in [5.74, 6) is 0.0240. The molecule has 2 aromatic rings. The molecule has 0 radical (unpaired) electrons. The van der Waals surface area contributed by atoms with E-state index in [0.717, 1.165) is 24.8 Å². The SMILES string of the molecule is CCCC[C@]1(CC)CS(=O)(=O)c2cc(OS(=O)O)ccc2[C@@H](c2ccccc2)N1. The molecule has 0 amide bonds. The molecule has 6 nitrogen and oxygen atoms in total. The molecule has 0 saturated carbocycles. The largest absolute Gasteiger partial charge is 0.380 e. The first-order valence-electron chi connectivity index (χ1n) is 9.79. The molecular weight excluding hydrogens is 410 g/mol. The maximum atomic E-state index is 13.4. The number of hydrogen-bond acceptors (Lipinski definition) is 5. The van der Waals surface area contributed by atoms with Crippen LogP contribution in [0.5, 0.6) is 5.75 Å². The Morgan fingerprint density at radius 1 is 1.21 bits per heavy atom. The smallest absolute Gasteiger partial charge is 0.357 e. The summed E-state index contributed by atoms with van der Waals surface area (Å²) in [5.41, 5.74) is 1.04. The highest BCUT2D eigenvalue weighted by molar-refractivity contribution is 7.91. The van der Waals surface area contributed by atoms with Crippen LogP contribution in [0.3, 0.4) is 0 Å². The standard InChI is InChI=1S/C21H27NO5S2/c1-3-5-13-21(4-2)15-29(25,26)19-14-17(27-28(23)24)11-12-18(19)20(22-21)16-9-7-6-8-10-16/h6-12,14,20,22H,3-5,13,15H2,1-2H3,(H,23,24)/t20-,21-/m1/s1. The third kappa shape index (κ3) is 4.88. The predicted octanol–water partition coefficient (Wildman–Crippen LogP) is 4.01. The van der Waals surface area contributed by atoms with Crippen LogP contribution in [0.2, 0.25) is 0 Å². The van der Waals surface area contributed by atoms with E-state index in [4.69, 9.17) is 8.74 Å². The zero-order valence-electron chi connectivity index (χ0n) is 16.6. The monoisotopic (exact) mass is 437 g/mol. The van der Waals surface area contributed by atoms with E-state index < -0.39 is 26.7 Å². The molecule has 0 aromatic heterocycles. The van der Waals surface area contributed by atoms with Crippen LogP contribution >= 0.6 is 0 Å². The lowest BCUT2D eigenvalue weighted by molar-refractivity contribution is 0.295. The minimum atomic E-state index is -3.65. The van der Waals surface area contributed by atoms with Crippen LogP contribution in [-0.2, 0) is 21.2 Å². The van der Waals surface area contributed by atoms with E-state index in [1.165, 1.54) is 12.1 Å². The normalized spacial score (nSPS) is 24.3. The second kappa shape index (κ2) is 8.95. The molecule has 29 heavy (non-hydrogen) atoms. The Balaban J connectivity index is 2.19. The van der Waals surface area contributed by atoms with Gasteiger partial charge in [0.1, 0.15) is 5.75 Å². The predicted molar refractivity (Wildman–Crippen MR) is 114 cm³/mol. The van der Waals surface area contributed by atoms with Crippen molar-refractivity contribution in [2.75, 3.05) is 5.75 Å². The summed E-state index contributed by atoms with van der Waals surface area (Å²) < 4.78 is 51.7. The van der Waals surface area contributed by atoms with Gasteiger partial charge in [-0.3, -0.25) is 9.87 Å². The second-order valence-corrected chi connectivity index (χ2v) is 10.0. The summed E-state index contributed by atoms with van der Waals surface area (Å²) in [6.45, 7) is 4.11. The molecule has 0 aliphatic carbocycles. The van der Waals surface area contributed by atoms with Crippen LogP contribution in [0.1, 0.15) is 56.7 Å². The van der Waals surface area contributed by atoms with E-state index in [9.17, 15) is 12.6 Å². The minimum absolute atomic E-state index is 0.0293. The van der Waals surface area contributed by atoms with Crippen molar-refractivity contribution in [1.29, 1.82) is 0 Å². The molecule has 2 N–H and O–H groups in total. The van der Waals surface area contributed by atoms with E-state index in [1.807, 2.05) is 37.3 Å². The zero-order chi connectivity index (χ0) is 21.1. The number of unbranched alkanes of at least 4 members (excludes halogenated alkanes) is 1. The first kappa shape index (κ1) is 22.0. The molecule has 0 spiro atoms. The van der Waals surface area contributed by atoms with Gasteiger partial charge in [-0.05, 0) is 30.0 Å². The summed E-state index contributed by atoms with van der Waals surface area (Å²) in [7, 11) is -3.65. The maximum absolute atomic E-state index is 13.4. The van der Waals surface area contributed by atoms with Gasteiger partial charge in [0.2, 0.25) is 0 Å². The molecule has 1 aliphatic heterocycles. The van der Waals surface area contributed by atoms with Crippen LogP contribution in [0.25, 0.3) is 0 Å². The lowest BCUT2D eigenvalue weighted by atomic mass is 9.88. The van der Waals surface area contributed by atoms with Gasteiger partial charge in [-0.15, -0.1) is 0 Å². The highest BCUT2D eigenvalue weighted by atomic mass is 32.2. The highest BCUT2D eigenvalue weighted by Crippen LogP contribution is 2.39. The quantitative estimate of drug-likeness (QED) is 0.636. The molecule has 8 heteroatoms. The third-order valence-electron chi connectivity index (χ3n) is 5.53. The number of hydrogen-bond donors (Lipinski definition) is 2. The van der Waals surface area contributed by atoms with Gasteiger partial charge in [0.05, 0.1) is 16.7 Å². The Hall–Kier alpha value is -1.74. The fourth-order valence-electron chi connectivity index (χ4n) is 3.97. The number of fused-ring (bicyclic) bond motifs is 1. The average Bonchev–Trinajstić information content (AvgIpc) is 2.79. The van der Waals surface area contributed by atoms with Gasteiger partial charge in [-0.25, -0.2) is 8.42 Å². The topological polar surface area (TPSA) is 92.7 Å². The maximum Gasteiger partial charge on any atom is 0.357 e. The minimum Gasteiger partial charge on any atom is -0.380 e. The van der Waals surface area contributed by atoms with E-state index in [2.05, 4.69) is 12.2 Å². The lowest BCUT2D eigenvalue weighted by Gasteiger charge is -2.35. The van der Waals surface area contributed by atoms with Gasteiger partial charge in [-0.1, -0.05) is 63.1 Å². The van der Waals surface area contributed by atoms with Gasteiger partial charge in [0.25, 0.3) is 0 Å². The number of nitrogens with one attached hydrogen (secondary N) is 1. The summed E-state index contributed by atoms with van der Waals surface area (Å²) in [5, 5.41) is 3.67. The van der Waals surface area contributed by atoms with Gasteiger partial charge < -0.3 is 4.18 Å². The van der Waals surface area contributed by atoms with E-state index >= 15 is 0 Å². The van der Waals surface area contributed by atoms with Gasteiger partial charge in [0, 0.05) is 11.6 Å². The van der Waals surface area contributed by atoms with Crippen LogP contribution in [0, 0.1) is 0 Å². The lowest BCUT2D eigenvalue weighted by Crippen LogP contribution is -2.50. The Bertz CT molecular complexity index is 978. The first-order valence-corrected chi connectivity index (χ1v) is 12.5. The molecule has 1 heterocycles. The van der Waals surface area contributed by atoms with Crippen molar-refractivity contribution < 1.29 is 21.4 Å². The van der Waals surface area contributed by atoms with Gasteiger partial charge >= 0.3 is 11.4 Å². The summed E-state index contributed by atoms with van der Waals surface area (Å²) in [6, 6.07) is 14.0. The zero-order valence-corrected chi connectivity index (χ0v) is 18.3.